The minimum Gasteiger partial charge on any atom is -0.367 e. The van der Waals surface area contributed by atoms with Crippen LogP contribution in [0.3, 0.4) is 0 Å². The molecule has 1 aromatic heterocycles. The molecule has 1 aromatic rings. The number of pyridine rings is 1. The summed E-state index contributed by atoms with van der Waals surface area (Å²) >= 11 is 0. The van der Waals surface area contributed by atoms with Crippen molar-refractivity contribution in [1.82, 2.24) is 14.8 Å². The first kappa shape index (κ1) is 15.2. The molecule has 2 heterocycles. The van der Waals surface area contributed by atoms with Crippen molar-refractivity contribution in [2.75, 3.05) is 51.1 Å². The van der Waals surface area contributed by atoms with E-state index in [1.807, 2.05) is 0 Å². The highest BCUT2D eigenvalue weighted by atomic mass is 19.1. The van der Waals surface area contributed by atoms with E-state index in [2.05, 4.69) is 33.9 Å². The molecule has 1 N–H and O–H groups in total. The Morgan fingerprint density at radius 1 is 1.30 bits per heavy atom. The van der Waals surface area contributed by atoms with Gasteiger partial charge in [0.05, 0.1) is 0 Å². The van der Waals surface area contributed by atoms with E-state index in [0.717, 1.165) is 45.8 Å². The normalized spacial score (nSPS) is 18.9. The van der Waals surface area contributed by atoms with Gasteiger partial charge in [-0.25, -0.2) is 9.37 Å². The zero-order chi connectivity index (χ0) is 14.4. The Hall–Kier alpha value is -1.20. The monoisotopic (exact) mass is 280 g/mol. The van der Waals surface area contributed by atoms with E-state index in [-0.39, 0.29) is 5.82 Å². The van der Waals surface area contributed by atoms with E-state index in [9.17, 15) is 4.39 Å². The van der Waals surface area contributed by atoms with Gasteiger partial charge < -0.3 is 15.1 Å². The predicted molar refractivity (Wildman–Crippen MR) is 80.4 cm³/mol. The summed E-state index contributed by atoms with van der Waals surface area (Å²) in [6.45, 7) is 11.9. The molecule has 1 saturated heterocycles. The van der Waals surface area contributed by atoms with Gasteiger partial charge in [-0.1, -0.05) is 13.8 Å². The maximum atomic E-state index is 13.4. The van der Waals surface area contributed by atoms with E-state index in [4.69, 9.17) is 0 Å². The second-order valence-corrected chi connectivity index (χ2v) is 5.55. The number of nitrogens with zero attached hydrogens (tertiary/aromatic N) is 3. The first-order chi connectivity index (χ1) is 9.69. The Morgan fingerprint density at radius 2 is 2.00 bits per heavy atom. The van der Waals surface area contributed by atoms with Gasteiger partial charge in [-0.3, -0.25) is 0 Å². The van der Waals surface area contributed by atoms with E-state index in [1.165, 1.54) is 6.07 Å². The molecule has 20 heavy (non-hydrogen) atoms. The van der Waals surface area contributed by atoms with Crippen LogP contribution in [0.4, 0.5) is 10.2 Å². The highest BCUT2D eigenvalue weighted by molar-refractivity contribution is 5.35. The van der Waals surface area contributed by atoms with Gasteiger partial charge in [-0.15, -0.1) is 0 Å². The molecule has 0 aromatic carbocycles. The van der Waals surface area contributed by atoms with Crippen molar-refractivity contribution >= 4 is 5.82 Å². The van der Waals surface area contributed by atoms with Crippen LogP contribution in [0.1, 0.15) is 13.8 Å². The zero-order valence-corrected chi connectivity index (χ0v) is 12.5. The first-order valence-corrected chi connectivity index (χ1v) is 7.48. The molecule has 0 aliphatic carbocycles. The third-order valence-corrected chi connectivity index (χ3v) is 3.86. The van der Waals surface area contributed by atoms with Gasteiger partial charge in [0, 0.05) is 45.5 Å². The average molecular weight is 280 g/mol. The van der Waals surface area contributed by atoms with E-state index in [0.29, 0.717) is 11.7 Å². The highest BCUT2D eigenvalue weighted by Gasteiger charge is 2.17. The summed E-state index contributed by atoms with van der Waals surface area (Å²) in [6.07, 6.45) is 1.61. The lowest BCUT2D eigenvalue weighted by Gasteiger charge is -2.35. The van der Waals surface area contributed by atoms with Gasteiger partial charge in [0.25, 0.3) is 0 Å². The van der Waals surface area contributed by atoms with Gasteiger partial charge in [0.1, 0.15) is 0 Å². The maximum Gasteiger partial charge on any atom is 0.165 e. The largest absolute Gasteiger partial charge is 0.367 e. The number of aromatic nitrogens is 1. The summed E-state index contributed by atoms with van der Waals surface area (Å²) in [5.74, 6) is 0.552. The Morgan fingerprint density at radius 3 is 2.65 bits per heavy atom. The lowest BCUT2D eigenvalue weighted by Crippen LogP contribution is -2.47. The Bertz CT molecular complexity index is 405. The molecule has 1 unspecified atom stereocenters. The Labute approximate surface area is 121 Å². The molecular weight excluding hydrogens is 255 g/mol. The molecule has 1 aliphatic heterocycles. The summed E-state index contributed by atoms with van der Waals surface area (Å²) in [5, 5.41) is 3.10. The Balaban J connectivity index is 1.71. The van der Waals surface area contributed by atoms with Crippen LogP contribution < -0.4 is 5.32 Å². The summed E-state index contributed by atoms with van der Waals surface area (Å²) in [4.78, 5) is 8.98. The van der Waals surface area contributed by atoms with Gasteiger partial charge in [0.2, 0.25) is 0 Å². The summed E-state index contributed by atoms with van der Waals surface area (Å²) in [6, 6.07) is 3.04. The first-order valence-electron chi connectivity index (χ1n) is 7.48. The van der Waals surface area contributed by atoms with Crippen molar-refractivity contribution in [2.45, 2.75) is 13.8 Å². The SMILES string of the molecule is CCN1CCN(CC(C)CNc2ncccc2F)CC1. The average Bonchev–Trinajstić information content (AvgIpc) is 2.47. The van der Waals surface area contributed by atoms with Crippen LogP contribution in [0.25, 0.3) is 0 Å². The van der Waals surface area contributed by atoms with Crippen LogP contribution in [0.5, 0.6) is 0 Å². The number of piperazine rings is 1. The number of likely N-dealkylation sites (N-methyl/N-ethyl adjacent to an activating group) is 1. The number of hydrogen-bond donors (Lipinski definition) is 1. The molecule has 112 valence electrons. The van der Waals surface area contributed by atoms with Gasteiger partial charge >= 0.3 is 0 Å². The molecule has 5 heteroatoms. The van der Waals surface area contributed by atoms with Gasteiger partial charge in [0.15, 0.2) is 11.6 Å². The number of anilines is 1. The molecule has 1 fully saturated rings. The van der Waals surface area contributed by atoms with Crippen molar-refractivity contribution in [3.05, 3.63) is 24.1 Å². The minimum absolute atomic E-state index is 0.281. The second kappa shape index (κ2) is 7.55. The van der Waals surface area contributed by atoms with Gasteiger partial charge in [-0.2, -0.15) is 0 Å². The standard InChI is InChI=1S/C15H25FN4/c1-3-19-7-9-20(10-8-19)12-13(2)11-18-15-14(16)5-4-6-17-15/h4-6,13H,3,7-12H2,1-2H3,(H,17,18). The smallest absolute Gasteiger partial charge is 0.165 e. The van der Waals surface area contributed by atoms with Crippen LogP contribution in [0.15, 0.2) is 18.3 Å². The van der Waals surface area contributed by atoms with Crippen molar-refractivity contribution in [3.8, 4) is 0 Å². The lowest BCUT2D eigenvalue weighted by molar-refractivity contribution is 0.126. The topological polar surface area (TPSA) is 31.4 Å². The molecular formula is C15H25FN4. The van der Waals surface area contributed by atoms with Crippen molar-refractivity contribution < 1.29 is 4.39 Å². The third-order valence-electron chi connectivity index (χ3n) is 3.86. The minimum atomic E-state index is -0.281. The van der Waals surface area contributed by atoms with Crippen molar-refractivity contribution in [3.63, 3.8) is 0 Å². The third kappa shape index (κ3) is 4.42. The lowest BCUT2D eigenvalue weighted by atomic mass is 10.1. The molecule has 0 radical (unpaired) electrons. The number of halogens is 1. The van der Waals surface area contributed by atoms with E-state index in [1.54, 1.807) is 12.3 Å². The fourth-order valence-corrected chi connectivity index (χ4v) is 2.58. The molecule has 1 aliphatic rings. The number of rotatable bonds is 6. The van der Waals surface area contributed by atoms with Crippen molar-refractivity contribution in [2.24, 2.45) is 5.92 Å². The maximum absolute atomic E-state index is 13.4. The molecule has 4 nitrogen and oxygen atoms in total. The number of nitrogens with one attached hydrogen (secondary N) is 1. The molecule has 2 rings (SSSR count). The highest BCUT2D eigenvalue weighted by Crippen LogP contribution is 2.10. The fourth-order valence-electron chi connectivity index (χ4n) is 2.58. The molecule has 1 atom stereocenters. The summed E-state index contributed by atoms with van der Waals surface area (Å²) in [5.41, 5.74) is 0. The Kier molecular flexibility index (Phi) is 5.73. The zero-order valence-electron chi connectivity index (χ0n) is 12.5. The van der Waals surface area contributed by atoms with Crippen LogP contribution >= 0.6 is 0 Å². The number of hydrogen-bond acceptors (Lipinski definition) is 4. The van der Waals surface area contributed by atoms with E-state index >= 15 is 0 Å². The summed E-state index contributed by atoms with van der Waals surface area (Å²) < 4.78 is 13.4. The molecule has 0 saturated carbocycles. The fraction of sp³-hybridized carbons (Fsp3) is 0.667. The van der Waals surface area contributed by atoms with E-state index < -0.39 is 0 Å². The second-order valence-electron chi connectivity index (χ2n) is 5.55. The van der Waals surface area contributed by atoms with Crippen LogP contribution in [-0.2, 0) is 0 Å². The van der Waals surface area contributed by atoms with Gasteiger partial charge in [-0.05, 0) is 24.6 Å². The summed E-state index contributed by atoms with van der Waals surface area (Å²) in [7, 11) is 0. The van der Waals surface area contributed by atoms with Crippen LogP contribution in [0, 0.1) is 11.7 Å². The van der Waals surface area contributed by atoms with Crippen LogP contribution in [-0.4, -0.2) is 60.6 Å². The molecule has 0 bridgehead atoms. The molecule has 0 spiro atoms. The predicted octanol–water partition coefficient (Wildman–Crippen LogP) is 1.91. The molecule has 0 amide bonds. The quantitative estimate of drug-likeness (QED) is 0.862. The van der Waals surface area contributed by atoms with Crippen LogP contribution in [0.2, 0.25) is 0 Å². The van der Waals surface area contributed by atoms with Crippen molar-refractivity contribution in [1.29, 1.82) is 0 Å².